The minimum Gasteiger partial charge on any atom is -0.480 e. The zero-order chi connectivity index (χ0) is 14.4. The van der Waals surface area contributed by atoms with Gasteiger partial charge >= 0.3 is 12.0 Å². The number of rotatable bonds is 4. The maximum Gasteiger partial charge on any atom is 0.326 e. The highest BCUT2D eigenvalue weighted by Gasteiger charge is 2.21. The van der Waals surface area contributed by atoms with Gasteiger partial charge in [0.1, 0.15) is 12.1 Å². The number of nitrogens with one attached hydrogen (secondary N) is 1. The minimum absolute atomic E-state index is 0.287. The van der Waals surface area contributed by atoms with Crippen molar-refractivity contribution in [3.63, 3.8) is 0 Å². The van der Waals surface area contributed by atoms with Crippen LogP contribution in [0.2, 0.25) is 0 Å². The largest absolute Gasteiger partial charge is 0.480 e. The number of hydrogen-bond donors (Lipinski definition) is 2. The summed E-state index contributed by atoms with van der Waals surface area (Å²) in [6.45, 7) is 1.67. The third-order valence-electron chi connectivity index (χ3n) is 2.69. The Labute approximate surface area is 111 Å². The topological polar surface area (TPSA) is 93.4 Å². The molecule has 6 nitrogen and oxygen atoms in total. The molecule has 0 saturated carbocycles. The van der Waals surface area contributed by atoms with Crippen LogP contribution in [0.3, 0.4) is 0 Å². The Morgan fingerprint density at radius 1 is 1.47 bits per heavy atom. The van der Waals surface area contributed by atoms with Crippen molar-refractivity contribution in [1.82, 2.24) is 5.32 Å². The summed E-state index contributed by atoms with van der Waals surface area (Å²) in [5, 5.41) is 20.2. The number of carbonyl (C=O) groups excluding carboxylic acids is 1. The van der Waals surface area contributed by atoms with Gasteiger partial charge in [0.2, 0.25) is 0 Å². The number of amides is 2. The molecule has 0 aliphatic carbocycles. The van der Waals surface area contributed by atoms with Crippen LogP contribution in [-0.2, 0) is 4.79 Å². The van der Waals surface area contributed by atoms with E-state index in [4.69, 9.17) is 10.4 Å². The number of nitriles is 1. The van der Waals surface area contributed by atoms with Gasteiger partial charge in [0.05, 0.1) is 11.3 Å². The van der Waals surface area contributed by atoms with Crippen LogP contribution in [0.25, 0.3) is 0 Å². The summed E-state index contributed by atoms with van der Waals surface area (Å²) in [5.74, 6) is -1.09. The van der Waals surface area contributed by atoms with Crippen molar-refractivity contribution < 1.29 is 14.7 Å². The molecule has 0 spiro atoms. The van der Waals surface area contributed by atoms with Gasteiger partial charge in [-0.05, 0) is 18.6 Å². The second-order valence-corrected chi connectivity index (χ2v) is 3.94. The fourth-order valence-electron chi connectivity index (χ4n) is 1.55. The van der Waals surface area contributed by atoms with Crippen LogP contribution in [0, 0.1) is 11.3 Å². The van der Waals surface area contributed by atoms with Gasteiger partial charge in [-0.2, -0.15) is 5.26 Å². The number of aliphatic carboxylic acids is 1. The van der Waals surface area contributed by atoms with Crippen LogP contribution in [-0.4, -0.2) is 30.2 Å². The van der Waals surface area contributed by atoms with Gasteiger partial charge in [-0.15, -0.1) is 0 Å². The fraction of sp³-hybridized carbons (Fsp3) is 0.308. The lowest BCUT2D eigenvalue weighted by Gasteiger charge is -2.21. The number of urea groups is 1. The fourth-order valence-corrected chi connectivity index (χ4v) is 1.55. The van der Waals surface area contributed by atoms with Gasteiger partial charge < -0.3 is 10.4 Å². The summed E-state index contributed by atoms with van der Waals surface area (Å²) in [4.78, 5) is 24.0. The molecule has 0 heterocycles. The summed E-state index contributed by atoms with van der Waals surface area (Å²) in [6, 6.07) is 7.10. The predicted molar refractivity (Wildman–Crippen MR) is 69.8 cm³/mol. The molecular weight excluding hydrogens is 246 g/mol. The first kappa shape index (κ1) is 14.5. The van der Waals surface area contributed by atoms with Crippen molar-refractivity contribution in [2.75, 3.05) is 11.9 Å². The summed E-state index contributed by atoms with van der Waals surface area (Å²) >= 11 is 0. The molecule has 0 bridgehead atoms. The smallest absolute Gasteiger partial charge is 0.326 e. The highest BCUT2D eigenvalue weighted by atomic mass is 16.4. The molecule has 2 amide bonds. The third kappa shape index (κ3) is 3.45. The first-order valence-corrected chi connectivity index (χ1v) is 5.77. The predicted octanol–water partition coefficient (Wildman–Crippen LogP) is 1.57. The van der Waals surface area contributed by atoms with Gasteiger partial charge in [0.25, 0.3) is 0 Å². The van der Waals surface area contributed by atoms with Crippen LogP contribution in [0.15, 0.2) is 24.3 Å². The van der Waals surface area contributed by atoms with E-state index in [1.165, 1.54) is 11.9 Å². The molecule has 0 radical (unpaired) electrons. The molecule has 0 unspecified atom stereocenters. The Morgan fingerprint density at radius 2 is 2.11 bits per heavy atom. The number of para-hydroxylation sites is 1. The first-order valence-electron chi connectivity index (χ1n) is 5.77. The molecule has 0 saturated heterocycles. The van der Waals surface area contributed by atoms with Crippen LogP contribution >= 0.6 is 0 Å². The van der Waals surface area contributed by atoms with Crippen molar-refractivity contribution in [3.05, 3.63) is 29.8 Å². The third-order valence-corrected chi connectivity index (χ3v) is 2.69. The number of carboxylic acids is 1. The highest BCUT2D eigenvalue weighted by molar-refractivity contribution is 5.95. The summed E-state index contributed by atoms with van der Waals surface area (Å²) < 4.78 is 0. The van der Waals surface area contributed by atoms with Crippen LogP contribution in [0.4, 0.5) is 10.5 Å². The Hall–Kier alpha value is -2.55. The van der Waals surface area contributed by atoms with Gasteiger partial charge in [0, 0.05) is 7.05 Å². The molecule has 19 heavy (non-hydrogen) atoms. The lowest BCUT2D eigenvalue weighted by molar-refractivity contribution is -0.139. The second kappa shape index (κ2) is 6.40. The lowest BCUT2D eigenvalue weighted by atomic mass is 10.2. The number of hydrogen-bond acceptors (Lipinski definition) is 3. The summed E-state index contributed by atoms with van der Waals surface area (Å²) in [7, 11) is 1.49. The van der Waals surface area contributed by atoms with Crippen LogP contribution in [0.5, 0.6) is 0 Å². The molecule has 1 aromatic rings. The standard InChI is InChI=1S/C13H15N3O3/c1-3-10(12(17)18)15-13(19)16(2)11-7-5-4-6-9(11)8-14/h4-7,10H,3H2,1-2H3,(H,15,19)(H,17,18)/t10-/m1/s1. The number of benzene rings is 1. The second-order valence-electron chi connectivity index (χ2n) is 3.94. The van der Waals surface area contributed by atoms with Gasteiger partial charge in [-0.3, -0.25) is 4.90 Å². The Kier molecular flexibility index (Phi) is 4.89. The molecule has 6 heteroatoms. The van der Waals surface area contributed by atoms with Crippen molar-refractivity contribution in [2.24, 2.45) is 0 Å². The van der Waals surface area contributed by atoms with Gasteiger partial charge in [-0.25, -0.2) is 9.59 Å². The molecule has 1 aromatic carbocycles. The van der Waals surface area contributed by atoms with E-state index in [-0.39, 0.29) is 6.42 Å². The maximum atomic E-state index is 11.9. The van der Waals surface area contributed by atoms with Gasteiger partial charge in [0.15, 0.2) is 0 Å². The average molecular weight is 261 g/mol. The Balaban J connectivity index is 2.88. The molecule has 0 aliphatic rings. The van der Waals surface area contributed by atoms with E-state index in [1.807, 2.05) is 6.07 Å². The number of carbonyl (C=O) groups is 2. The molecule has 0 aromatic heterocycles. The van der Waals surface area contributed by atoms with E-state index >= 15 is 0 Å². The summed E-state index contributed by atoms with van der Waals surface area (Å²) in [6.07, 6.45) is 0.287. The molecule has 0 aliphatic heterocycles. The van der Waals surface area contributed by atoms with Crippen molar-refractivity contribution in [2.45, 2.75) is 19.4 Å². The number of carboxylic acid groups (broad SMARTS) is 1. The highest BCUT2D eigenvalue weighted by Crippen LogP contribution is 2.18. The van der Waals surface area contributed by atoms with Crippen molar-refractivity contribution >= 4 is 17.7 Å². The molecular formula is C13H15N3O3. The van der Waals surface area contributed by atoms with Crippen molar-refractivity contribution in [3.8, 4) is 6.07 Å². The number of nitrogens with zero attached hydrogens (tertiary/aromatic N) is 2. The van der Waals surface area contributed by atoms with E-state index in [9.17, 15) is 9.59 Å². The molecule has 1 rings (SSSR count). The van der Waals surface area contributed by atoms with E-state index in [1.54, 1.807) is 31.2 Å². The Morgan fingerprint density at radius 3 is 2.63 bits per heavy atom. The normalized spacial score (nSPS) is 11.2. The van der Waals surface area contributed by atoms with Gasteiger partial charge in [-0.1, -0.05) is 19.1 Å². The van der Waals surface area contributed by atoms with Crippen LogP contribution < -0.4 is 10.2 Å². The first-order chi connectivity index (χ1) is 9.01. The lowest BCUT2D eigenvalue weighted by Crippen LogP contribution is -2.46. The zero-order valence-electron chi connectivity index (χ0n) is 10.8. The Bertz CT molecular complexity index is 522. The maximum absolute atomic E-state index is 11.9. The van der Waals surface area contributed by atoms with E-state index < -0.39 is 18.0 Å². The monoisotopic (exact) mass is 261 g/mol. The van der Waals surface area contributed by atoms with E-state index in [2.05, 4.69) is 5.32 Å². The van der Waals surface area contributed by atoms with Crippen molar-refractivity contribution in [1.29, 1.82) is 5.26 Å². The van der Waals surface area contributed by atoms with E-state index in [0.29, 0.717) is 11.3 Å². The number of anilines is 1. The molecule has 0 fully saturated rings. The average Bonchev–Trinajstić information content (AvgIpc) is 2.43. The minimum atomic E-state index is -1.09. The SMILES string of the molecule is CC[C@@H](NC(=O)N(C)c1ccccc1C#N)C(=O)O. The van der Waals surface area contributed by atoms with E-state index in [0.717, 1.165) is 0 Å². The zero-order valence-corrected chi connectivity index (χ0v) is 10.8. The molecule has 1 atom stereocenters. The molecule has 2 N–H and O–H groups in total. The summed E-state index contributed by atoms with van der Waals surface area (Å²) in [5.41, 5.74) is 0.784. The quantitative estimate of drug-likeness (QED) is 0.860. The molecule has 100 valence electrons. The van der Waals surface area contributed by atoms with Crippen LogP contribution in [0.1, 0.15) is 18.9 Å².